The monoisotopic (exact) mass is 269 g/mol. The number of hydrogen-bond donors (Lipinski definition) is 1. The maximum absolute atomic E-state index is 13.6. The first kappa shape index (κ1) is 13.5. The quantitative estimate of drug-likeness (QED) is 0.664. The van der Waals surface area contributed by atoms with Gasteiger partial charge in [-0.05, 0) is 12.5 Å². The number of halogens is 1. The second-order valence-electron chi connectivity index (χ2n) is 4.53. The predicted octanol–water partition coefficient (Wildman–Crippen LogP) is 1.48. The molecule has 1 heterocycles. The summed E-state index contributed by atoms with van der Waals surface area (Å²) in [6.07, 6.45) is -0.532. The minimum Gasteiger partial charge on any atom is -0.490 e. The van der Waals surface area contributed by atoms with Gasteiger partial charge < -0.3 is 15.4 Å². The number of rotatable bonds is 3. The minimum absolute atomic E-state index is 0.100. The highest BCUT2D eigenvalue weighted by molar-refractivity contribution is 5.59. The van der Waals surface area contributed by atoms with Gasteiger partial charge in [-0.15, -0.1) is 0 Å². The van der Waals surface area contributed by atoms with E-state index in [0.717, 1.165) is 0 Å². The van der Waals surface area contributed by atoms with Crippen LogP contribution in [0.25, 0.3) is 0 Å². The number of ether oxygens (including phenoxy) is 1. The standard InChI is InChI=1S/C12H16FN3O3/c1-19-12-6-8(2-3-11(12)16(17)18)15-5-4-10(14)9(13)7-15/h2-3,6,9-10H,4-5,7,14H2,1H3/t9-,10-/m1/s1. The van der Waals surface area contributed by atoms with Crippen LogP contribution in [0.1, 0.15) is 6.42 Å². The lowest BCUT2D eigenvalue weighted by molar-refractivity contribution is -0.385. The Kier molecular flexibility index (Phi) is 3.84. The Morgan fingerprint density at radius 2 is 2.32 bits per heavy atom. The van der Waals surface area contributed by atoms with E-state index < -0.39 is 17.1 Å². The van der Waals surface area contributed by atoms with Crippen LogP contribution in [0.2, 0.25) is 0 Å². The highest BCUT2D eigenvalue weighted by Gasteiger charge is 2.27. The van der Waals surface area contributed by atoms with Gasteiger partial charge in [-0.2, -0.15) is 0 Å². The van der Waals surface area contributed by atoms with Crippen molar-refractivity contribution < 1.29 is 14.1 Å². The van der Waals surface area contributed by atoms with Crippen LogP contribution in [0.4, 0.5) is 15.8 Å². The van der Waals surface area contributed by atoms with Crippen LogP contribution in [0.5, 0.6) is 5.75 Å². The summed E-state index contributed by atoms with van der Waals surface area (Å²) in [5.41, 5.74) is 6.23. The molecule has 2 rings (SSSR count). The van der Waals surface area contributed by atoms with Crippen LogP contribution in [0.3, 0.4) is 0 Å². The second-order valence-corrected chi connectivity index (χ2v) is 4.53. The molecule has 0 radical (unpaired) electrons. The van der Waals surface area contributed by atoms with Gasteiger partial charge in [0.1, 0.15) is 6.17 Å². The lowest BCUT2D eigenvalue weighted by Gasteiger charge is -2.34. The van der Waals surface area contributed by atoms with Gasteiger partial charge in [0.05, 0.1) is 18.6 Å². The van der Waals surface area contributed by atoms with E-state index in [4.69, 9.17) is 10.5 Å². The Labute approximate surface area is 110 Å². The largest absolute Gasteiger partial charge is 0.490 e. The highest BCUT2D eigenvalue weighted by atomic mass is 19.1. The van der Waals surface area contributed by atoms with Crippen molar-refractivity contribution in [2.75, 3.05) is 25.1 Å². The van der Waals surface area contributed by atoms with Crippen LogP contribution in [-0.4, -0.2) is 37.3 Å². The molecule has 1 saturated heterocycles. The second kappa shape index (κ2) is 5.40. The SMILES string of the molecule is COc1cc(N2CC[C@@H](N)[C@H](F)C2)ccc1[N+](=O)[O-]. The minimum atomic E-state index is -1.09. The average Bonchev–Trinajstić information content (AvgIpc) is 2.41. The van der Waals surface area contributed by atoms with Crippen molar-refractivity contribution in [1.82, 2.24) is 0 Å². The molecule has 0 aromatic heterocycles. The molecule has 0 spiro atoms. The summed E-state index contributed by atoms with van der Waals surface area (Å²) in [7, 11) is 1.37. The Morgan fingerprint density at radius 3 is 2.89 bits per heavy atom. The Hall–Kier alpha value is -1.89. The third kappa shape index (κ3) is 2.76. The number of anilines is 1. The van der Waals surface area contributed by atoms with E-state index in [1.165, 1.54) is 13.2 Å². The van der Waals surface area contributed by atoms with Crippen LogP contribution < -0.4 is 15.4 Å². The number of nitrogens with two attached hydrogens (primary N) is 1. The number of methoxy groups -OCH3 is 1. The highest BCUT2D eigenvalue weighted by Crippen LogP contribution is 2.32. The molecular formula is C12H16FN3O3. The average molecular weight is 269 g/mol. The van der Waals surface area contributed by atoms with Gasteiger partial charge >= 0.3 is 5.69 Å². The van der Waals surface area contributed by atoms with E-state index in [-0.39, 0.29) is 18.0 Å². The van der Waals surface area contributed by atoms with Gasteiger partial charge in [0.15, 0.2) is 5.75 Å². The number of piperidine rings is 1. The van der Waals surface area contributed by atoms with Crippen LogP contribution in [0, 0.1) is 10.1 Å². The van der Waals surface area contributed by atoms with Crippen molar-refractivity contribution in [2.24, 2.45) is 5.73 Å². The van der Waals surface area contributed by atoms with Crippen LogP contribution in [-0.2, 0) is 0 Å². The fraction of sp³-hybridized carbons (Fsp3) is 0.500. The molecule has 1 aromatic rings. The number of nitro benzene ring substituents is 1. The summed E-state index contributed by atoms with van der Waals surface area (Å²) in [6, 6.07) is 4.10. The first-order valence-corrected chi connectivity index (χ1v) is 6.00. The Morgan fingerprint density at radius 1 is 1.58 bits per heavy atom. The van der Waals surface area contributed by atoms with Crippen molar-refractivity contribution in [1.29, 1.82) is 0 Å². The zero-order valence-corrected chi connectivity index (χ0v) is 10.6. The number of nitro groups is 1. The van der Waals surface area contributed by atoms with Crippen molar-refractivity contribution in [3.8, 4) is 5.75 Å². The summed E-state index contributed by atoms with van der Waals surface area (Å²) in [5.74, 6) is 0.174. The van der Waals surface area contributed by atoms with Gasteiger partial charge in [0, 0.05) is 30.4 Å². The zero-order valence-electron chi connectivity index (χ0n) is 10.6. The number of benzene rings is 1. The van der Waals surface area contributed by atoms with Crippen molar-refractivity contribution >= 4 is 11.4 Å². The zero-order chi connectivity index (χ0) is 14.0. The lowest BCUT2D eigenvalue weighted by atomic mass is 10.0. The van der Waals surface area contributed by atoms with E-state index in [0.29, 0.717) is 18.7 Å². The lowest BCUT2D eigenvalue weighted by Crippen LogP contribution is -2.48. The maximum atomic E-state index is 13.6. The summed E-state index contributed by atoms with van der Waals surface area (Å²) < 4.78 is 18.6. The van der Waals surface area contributed by atoms with Crippen molar-refractivity contribution in [3.63, 3.8) is 0 Å². The molecule has 1 aromatic carbocycles. The smallest absolute Gasteiger partial charge is 0.311 e. The molecule has 0 unspecified atom stereocenters. The molecule has 7 heteroatoms. The third-order valence-corrected chi connectivity index (χ3v) is 3.32. The fourth-order valence-electron chi connectivity index (χ4n) is 2.17. The van der Waals surface area contributed by atoms with Gasteiger partial charge in [-0.1, -0.05) is 0 Å². The molecule has 6 nitrogen and oxygen atoms in total. The molecule has 0 saturated carbocycles. The van der Waals surface area contributed by atoms with E-state index >= 15 is 0 Å². The number of alkyl halides is 1. The first-order chi connectivity index (χ1) is 9.02. The van der Waals surface area contributed by atoms with E-state index in [1.54, 1.807) is 12.1 Å². The molecule has 1 aliphatic heterocycles. The van der Waals surface area contributed by atoms with E-state index in [9.17, 15) is 14.5 Å². The molecule has 104 valence electrons. The van der Waals surface area contributed by atoms with Gasteiger partial charge in [-0.25, -0.2) is 4.39 Å². The van der Waals surface area contributed by atoms with E-state index in [1.807, 2.05) is 4.90 Å². The third-order valence-electron chi connectivity index (χ3n) is 3.32. The van der Waals surface area contributed by atoms with Gasteiger partial charge in [0.25, 0.3) is 0 Å². The molecule has 1 fully saturated rings. The van der Waals surface area contributed by atoms with Crippen LogP contribution >= 0.6 is 0 Å². The van der Waals surface area contributed by atoms with Crippen LogP contribution in [0.15, 0.2) is 18.2 Å². The van der Waals surface area contributed by atoms with E-state index in [2.05, 4.69) is 0 Å². The van der Waals surface area contributed by atoms with Crippen molar-refractivity contribution in [3.05, 3.63) is 28.3 Å². The Bertz CT molecular complexity index is 483. The number of nitrogens with zero attached hydrogens (tertiary/aromatic N) is 2. The fourth-order valence-corrected chi connectivity index (χ4v) is 2.17. The summed E-state index contributed by atoms with van der Waals surface area (Å²) in [6.45, 7) is 0.824. The van der Waals surface area contributed by atoms with Crippen molar-refractivity contribution in [2.45, 2.75) is 18.6 Å². The topological polar surface area (TPSA) is 81.6 Å². The molecule has 0 aliphatic carbocycles. The normalized spacial score (nSPS) is 23.2. The van der Waals surface area contributed by atoms with Gasteiger partial charge in [0.2, 0.25) is 0 Å². The first-order valence-electron chi connectivity index (χ1n) is 6.00. The summed E-state index contributed by atoms with van der Waals surface area (Å²) in [5, 5.41) is 10.8. The summed E-state index contributed by atoms with van der Waals surface area (Å²) in [4.78, 5) is 12.1. The molecule has 0 bridgehead atoms. The molecule has 2 atom stereocenters. The van der Waals surface area contributed by atoms with Gasteiger partial charge in [-0.3, -0.25) is 10.1 Å². The summed E-state index contributed by atoms with van der Waals surface area (Å²) >= 11 is 0. The molecule has 0 amide bonds. The molecular weight excluding hydrogens is 253 g/mol. The molecule has 1 aliphatic rings. The predicted molar refractivity (Wildman–Crippen MR) is 69.3 cm³/mol. The Balaban J connectivity index is 2.24. The maximum Gasteiger partial charge on any atom is 0.311 e. The molecule has 19 heavy (non-hydrogen) atoms. The number of hydrogen-bond acceptors (Lipinski definition) is 5. The molecule has 2 N–H and O–H groups in total.